The zero-order valence-corrected chi connectivity index (χ0v) is 11.5. The average molecular weight is 246 g/mol. The van der Waals surface area contributed by atoms with E-state index < -0.39 is 0 Å². The van der Waals surface area contributed by atoms with E-state index in [2.05, 4.69) is 30.0 Å². The second-order valence-corrected chi connectivity index (χ2v) is 5.01. The lowest BCUT2D eigenvalue weighted by Crippen LogP contribution is -2.31. The van der Waals surface area contributed by atoms with E-state index >= 15 is 0 Å². The molecule has 0 saturated carbocycles. The third-order valence-corrected chi connectivity index (χ3v) is 3.57. The van der Waals surface area contributed by atoms with Gasteiger partial charge in [-0.05, 0) is 62.5 Å². The largest absolute Gasteiger partial charge is 0.494 e. The molecule has 0 atom stereocenters. The minimum Gasteiger partial charge on any atom is -0.494 e. The molecule has 1 aliphatic rings. The fraction of sp³-hybridized carbons (Fsp3) is 0.625. The van der Waals surface area contributed by atoms with E-state index in [-0.39, 0.29) is 0 Å². The molecule has 1 heterocycles. The van der Waals surface area contributed by atoms with Gasteiger partial charge in [-0.3, -0.25) is 0 Å². The lowest BCUT2D eigenvalue weighted by Gasteiger charge is -2.26. The van der Waals surface area contributed by atoms with Crippen LogP contribution in [0.4, 0.5) is 0 Å². The van der Waals surface area contributed by atoms with Gasteiger partial charge in [-0.2, -0.15) is 0 Å². The molecule has 0 amide bonds. The van der Waals surface area contributed by atoms with Gasteiger partial charge in [0.05, 0.1) is 6.61 Å². The zero-order valence-electron chi connectivity index (χ0n) is 11.5. The second-order valence-electron chi connectivity index (χ2n) is 5.01. The van der Waals surface area contributed by atoms with Gasteiger partial charge < -0.3 is 9.64 Å². The van der Waals surface area contributed by atoms with Crippen LogP contribution < -0.4 is 4.74 Å². The Morgan fingerprint density at radius 2 is 2.06 bits per heavy atom. The highest BCUT2D eigenvalue weighted by molar-refractivity contribution is 5.25. The van der Waals surface area contributed by atoms with Crippen LogP contribution in [0.3, 0.4) is 0 Å². The van der Waals surface area contributed by atoms with E-state index in [1.54, 1.807) is 0 Å². The van der Waals surface area contributed by atoms with Crippen LogP contribution in [0.25, 0.3) is 0 Å². The summed E-state index contributed by atoms with van der Waals surface area (Å²) < 4.78 is 5.74. The van der Waals surface area contributed by atoms with Crippen LogP contribution >= 0.6 is 0 Å². The normalized spacial score (nSPS) is 16.7. The standard InChI is InChI=1S/C16H24NO/c1-2-15-7-9-16(10-8-15)18-14-6-13-17-11-4-3-5-12-17/h7,9-10H,2-6,11-14H2,1H3. The maximum atomic E-state index is 5.74. The Hall–Kier alpha value is -1.02. The summed E-state index contributed by atoms with van der Waals surface area (Å²) in [4.78, 5) is 2.55. The summed E-state index contributed by atoms with van der Waals surface area (Å²) in [6.07, 6.45) is 6.31. The van der Waals surface area contributed by atoms with Gasteiger partial charge in [0.25, 0.3) is 0 Å². The lowest BCUT2D eigenvalue weighted by molar-refractivity contribution is 0.205. The predicted molar refractivity (Wildman–Crippen MR) is 75.1 cm³/mol. The molecule has 1 aromatic carbocycles. The number of nitrogens with zero attached hydrogens (tertiary/aromatic N) is 1. The van der Waals surface area contributed by atoms with Crippen molar-refractivity contribution >= 4 is 0 Å². The summed E-state index contributed by atoms with van der Waals surface area (Å²) in [5.74, 6) is 0.950. The number of ether oxygens (including phenoxy) is 1. The predicted octanol–water partition coefficient (Wildman–Crippen LogP) is 3.30. The molecule has 2 rings (SSSR count). The molecule has 1 fully saturated rings. The van der Waals surface area contributed by atoms with Crippen molar-refractivity contribution in [1.29, 1.82) is 0 Å². The number of rotatable bonds is 6. The highest BCUT2D eigenvalue weighted by atomic mass is 16.5. The summed E-state index contributed by atoms with van der Waals surface area (Å²) in [6.45, 7) is 6.69. The van der Waals surface area contributed by atoms with Crippen LogP contribution in [0.2, 0.25) is 0 Å². The SMILES string of the molecule is CCc1[c]cc(OCCCN2CCCCC2)cc1. The van der Waals surface area contributed by atoms with Crippen LogP contribution in [0.5, 0.6) is 5.75 Å². The molecule has 0 aliphatic carbocycles. The number of hydrogen-bond acceptors (Lipinski definition) is 2. The zero-order chi connectivity index (χ0) is 12.6. The van der Waals surface area contributed by atoms with Crippen LogP contribution in [-0.4, -0.2) is 31.1 Å². The molecule has 2 nitrogen and oxygen atoms in total. The smallest absolute Gasteiger partial charge is 0.119 e. The third-order valence-electron chi connectivity index (χ3n) is 3.57. The Morgan fingerprint density at radius 3 is 2.72 bits per heavy atom. The first-order chi connectivity index (χ1) is 8.88. The van der Waals surface area contributed by atoms with E-state index in [0.717, 1.165) is 25.2 Å². The van der Waals surface area contributed by atoms with E-state index in [1.807, 2.05) is 6.07 Å². The third kappa shape index (κ3) is 4.34. The first kappa shape index (κ1) is 13.4. The average Bonchev–Trinajstić information content (AvgIpc) is 2.45. The van der Waals surface area contributed by atoms with Crippen molar-refractivity contribution in [1.82, 2.24) is 4.90 Å². The molecule has 2 heteroatoms. The summed E-state index contributed by atoms with van der Waals surface area (Å²) in [6, 6.07) is 9.35. The molecule has 18 heavy (non-hydrogen) atoms. The summed E-state index contributed by atoms with van der Waals surface area (Å²) >= 11 is 0. The van der Waals surface area contributed by atoms with Gasteiger partial charge in [-0.15, -0.1) is 0 Å². The number of benzene rings is 1. The van der Waals surface area contributed by atoms with E-state index in [0.29, 0.717) is 0 Å². The Morgan fingerprint density at radius 1 is 1.22 bits per heavy atom. The van der Waals surface area contributed by atoms with Gasteiger partial charge in [0, 0.05) is 6.54 Å². The maximum absolute atomic E-state index is 5.74. The highest BCUT2D eigenvalue weighted by Crippen LogP contribution is 2.13. The highest BCUT2D eigenvalue weighted by Gasteiger charge is 2.08. The van der Waals surface area contributed by atoms with Crippen molar-refractivity contribution in [2.45, 2.75) is 39.0 Å². The van der Waals surface area contributed by atoms with E-state index in [9.17, 15) is 0 Å². The Labute approximate surface area is 111 Å². The molecule has 1 radical (unpaired) electrons. The molecular weight excluding hydrogens is 222 g/mol. The summed E-state index contributed by atoms with van der Waals surface area (Å²) in [5, 5.41) is 0. The van der Waals surface area contributed by atoms with Gasteiger partial charge in [-0.25, -0.2) is 0 Å². The first-order valence-electron chi connectivity index (χ1n) is 7.24. The van der Waals surface area contributed by atoms with Crippen molar-refractivity contribution in [3.63, 3.8) is 0 Å². The number of likely N-dealkylation sites (tertiary alicyclic amines) is 1. The van der Waals surface area contributed by atoms with E-state index in [1.165, 1.54) is 44.5 Å². The number of aryl methyl sites for hydroxylation is 1. The molecule has 1 saturated heterocycles. The molecule has 1 aromatic rings. The lowest BCUT2D eigenvalue weighted by atomic mass is 10.1. The Bertz CT molecular complexity index is 327. The fourth-order valence-corrected chi connectivity index (χ4v) is 2.41. The van der Waals surface area contributed by atoms with Crippen molar-refractivity contribution in [3.8, 4) is 5.75 Å². The van der Waals surface area contributed by atoms with Gasteiger partial charge in [-0.1, -0.05) is 19.4 Å². The quantitative estimate of drug-likeness (QED) is 0.714. The fourth-order valence-electron chi connectivity index (χ4n) is 2.41. The summed E-state index contributed by atoms with van der Waals surface area (Å²) in [5.41, 5.74) is 1.25. The molecular formula is C16H24NO. The topological polar surface area (TPSA) is 12.5 Å². The minimum absolute atomic E-state index is 0.815. The first-order valence-corrected chi connectivity index (χ1v) is 7.24. The van der Waals surface area contributed by atoms with Crippen LogP contribution in [0, 0.1) is 6.07 Å². The van der Waals surface area contributed by atoms with Crippen LogP contribution in [0.1, 0.15) is 38.2 Å². The number of hydrogen-bond donors (Lipinski definition) is 0. The molecule has 0 aromatic heterocycles. The summed E-state index contributed by atoms with van der Waals surface area (Å²) in [7, 11) is 0. The maximum Gasteiger partial charge on any atom is 0.119 e. The molecule has 0 bridgehead atoms. The molecule has 0 unspecified atom stereocenters. The van der Waals surface area contributed by atoms with Crippen molar-refractivity contribution < 1.29 is 4.74 Å². The Balaban J connectivity index is 1.62. The van der Waals surface area contributed by atoms with Crippen LogP contribution in [-0.2, 0) is 6.42 Å². The molecule has 1 aliphatic heterocycles. The second kappa shape index (κ2) is 7.42. The van der Waals surface area contributed by atoms with Crippen LogP contribution in [0.15, 0.2) is 18.2 Å². The molecule has 0 spiro atoms. The van der Waals surface area contributed by atoms with Crippen molar-refractivity contribution in [3.05, 3.63) is 29.8 Å². The molecule has 99 valence electrons. The van der Waals surface area contributed by atoms with E-state index in [4.69, 9.17) is 4.74 Å². The van der Waals surface area contributed by atoms with Crippen molar-refractivity contribution in [2.24, 2.45) is 0 Å². The van der Waals surface area contributed by atoms with Crippen molar-refractivity contribution in [2.75, 3.05) is 26.2 Å². The number of piperidine rings is 1. The van der Waals surface area contributed by atoms with Gasteiger partial charge in [0.2, 0.25) is 0 Å². The van der Waals surface area contributed by atoms with Gasteiger partial charge in [0.1, 0.15) is 5.75 Å². The minimum atomic E-state index is 0.815. The monoisotopic (exact) mass is 246 g/mol. The van der Waals surface area contributed by atoms with Gasteiger partial charge >= 0.3 is 0 Å². The Kier molecular flexibility index (Phi) is 5.53. The molecule has 0 N–H and O–H groups in total. The van der Waals surface area contributed by atoms with Gasteiger partial charge in [0.15, 0.2) is 0 Å².